The summed E-state index contributed by atoms with van der Waals surface area (Å²) in [4.78, 5) is 0. The second-order valence-electron chi connectivity index (χ2n) is 4.84. The van der Waals surface area contributed by atoms with Crippen molar-refractivity contribution in [3.63, 3.8) is 0 Å². The van der Waals surface area contributed by atoms with Crippen molar-refractivity contribution >= 4 is 0 Å². The predicted molar refractivity (Wildman–Crippen MR) is 74.6 cm³/mol. The highest BCUT2D eigenvalue weighted by atomic mass is 19.1. The van der Waals surface area contributed by atoms with E-state index in [2.05, 4.69) is 10.4 Å². The van der Waals surface area contributed by atoms with Gasteiger partial charge in [-0.25, -0.2) is 8.78 Å². The molecule has 1 N–H and O–H groups in total. The smallest absolute Gasteiger partial charge is 0.134 e. The molecule has 0 bridgehead atoms. The van der Waals surface area contributed by atoms with Crippen LogP contribution in [0.2, 0.25) is 0 Å². The van der Waals surface area contributed by atoms with E-state index in [4.69, 9.17) is 0 Å². The summed E-state index contributed by atoms with van der Waals surface area (Å²) in [6, 6.07) is 4.04. The van der Waals surface area contributed by atoms with Gasteiger partial charge in [-0.15, -0.1) is 0 Å². The molecule has 20 heavy (non-hydrogen) atoms. The summed E-state index contributed by atoms with van der Waals surface area (Å²) in [5, 5.41) is 7.33. The maximum Gasteiger partial charge on any atom is 0.134 e. The average molecular weight is 279 g/mol. The van der Waals surface area contributed by atoms with Crippen LogP contribution in [0.4, 0.5) is 8.78 Å². The van der Waals surface area contributed by atoms with Crippen molar-refractivity contribution in [1.29, 1.82) is 0 Å². The van der Waals surface area contributed by atoms with Crippen LogP contribution in [0.1, 0.15) is 35.5 Å². The molecule has 1 unspecified atom stereocenters. The van der Waals surface area contributed by atoms with Crippen molar-refractivity contribution in [2.45, 2.75) is 33.4 Å². The summed E-state index contributed by atoms with van der Waals surface area (Å²) in [5.74, 6) is -1.06. The molecule has 2 rings (SSSR count). The third kappa shape index (κ3) is 2.45. The fourth-order valence-corrected chi connectivity index (χ4v) is 2.43. The highest BCUT2D eigenvalue weighted by Gasteiger charge is 2.25. The fourth-order valence-electron chi connectivity index (χ4n) is 2.43. The van der Waals surface area contributed by atoms with Gasteiger partial charge in [-0.2, -0.15) is 5.10 Å². The summed E-state index contributed by atoms with van der Waals surface area (Å²) in [6.07, 6.45) is 0. The average Bonchev–Trinajstić information content (AvgIpc) is 2.80. The first-order valence-electron chi connectivity index (χ1n) is 6.65. The second-order valence-corrected chi connectivity index (χ2v) is 4.84. The zero-order chi connectivity index (χ0) is 14.9. The molecule has 2 aromatic rings. The number of aryl methyl sites for hydroxylation is 3. The van der Waals surface area contributed by atoms with Crippen molar-refractivity contribution in [3.05, 3.63) is 52.3 Å². The van der Waals surface area contributed by atoms with E-state index < -0.39 is 17.7 Å². The van der Waals surface area contributed by atoms with E-state index in [0.29, 0.717) is 12.1 Å². The number of aromatic nitrogens is 2. The molecule has 1 aromatic carbocycles. The second kappa shape index (κ2) is 5.71. The number of halogens is 2. The number of hydrogen-bond donors (Lipinski definition) is 1. The minimum atomic E-state index is -0.559. The van der Waals surface area contributed by atoms with E-state index in [1.807, 2.05) is 19.9 Å². The Labute approximate surface area is 117 Å². The third-order valence-electron chi connectivity index (χ3n) is 3.43. The quantitative estimate of drug-likeness (QED) is 0.932. The minimum absolute atomic E-state index is 0.0436. The molecule has 0 radical (unpaired) electrons. The molecular weight excluding hydrogens is 260 g/mol. The summed E-state index contributed by atoms with van der Waals surface area (Å²) < 4.78 is 30.2. The van der Waals surface area contributed by atoms with Crippen LogP contribution in [0.5, 0.6) is 0 Å². The van der Waals surface area contributed by atoms with Crippen molar-refractivity contribution in [1.82, 2.24) is 15.1 Å². The van der Waals surface area contributed by atoms with Crippen LogP contribution in [-0.4, -0.2) is 16.8 Å². The summed E-state index contributed by atoms with van der Waals surface area (Å²) in [5.41, 5.74) is 2.06. The predicted octanol–water partition coefficient (Wildman–Crippen LogP) is 3.11. The van der Waals surface area contributed by atoms with Crippen LogP contribution in [0.25, 0.3) is 0 Å². The zero-order valence-corrected chi connectivity index (χ0v) is 12.2. The first-order chi connectivity index (χ1) is 9.49. The standard InChI is InChI=1S/C15H19F2N3/c1-5-20-12(8-10(3)19-20)15(18-4)13-11(16)7-6-9(2)14(13)17/h6-8,15,18H,5H2,1-4H3. The monoisotopic (exact) mass is 279 g/mol. The van der Waals surface area contributed by atoms with Crippen LogP contribution in [0, 0.1) is 25.5 Å². The molecule has 0 aliphatic carbocycles. The van der Waals surface area contributed by atoms with Gasteiger partial charge in [0, 0.05) is 12.1 Å². The van der Waals surface area contributed by atoms with Crippen LogP contribution in [-0.2, 0) is 6.54 Å². The van der Waals surface area contributed by atoms with Gasteiger partial charge in [0.05, 0.1) is 17.4 Å². The molecule has 1 heterocycles. The molecule has 0 saturated heterocycles. The zero-order valence-electron chi connectivity index (χ0n) is 12.2. The van der Waals surface area contributed by atoms with Gasteiger partial charge < -0.3 is 5.32 Å². The molecule has 0 aliphatic heterocycles. The third-order valence-corrected chi connectivity index (χ3v) is 3.43. The molecule has 5 heteroatoms. The van der Waals surface area contributed by atoms with Crippen molar-refractivity contribution < 1.29 is 8.78 Å². The normalized spacial score (nSPS) is 12.7. The number of benzene rings is 1. The van der Waals surface area contributed by atoms with Gasteiger partial charge in [-0.3, -0.25) is 4.68 Å². The van der Waals surface area contributed by atoms with E-state index in [-0.39, 0.29) is 5.56 Å². The van der Waals surface area contributed by atoms with Gasteiger partial charge in [0.15, 0.2) is 0 Å². The molecule has 3 nitrogen and oxygen atoms in total. The van der Waals surface area contributed by atoms with Crippen LogP contribution in [0.3, 0.4) is 0 Å². The van der Waals surface area contributed by atoms with Gasteiger partial charge in [0.25, 0.3) is 0 Å². The molecule has 0 spiro atoms. The molecule has 0 saturated carbocycles. The van der Waals surface area contributed by atoms with Gasteiger partial charge in [-0.05, 0) is 45.5 Å². The molecule has 0 amide bonds. The molecule has 1 atom stereocenters. The highest BCUT2D eigenvalue weighted by Crippen LogP contribution is 2.28. The number of rotatable bonds is 4. The Balaban J connectivity index is 2.61. The van der Waals surface area contributed by atoms with Crippen LogP contribution < -0.4 is 5.32 Å². The Hall–Kier alpha value is -1.75. The van der Waals surface area contributed by atoms with E-state index in [1.165, 1.54) is 12.1 Å². The maximum atomic E-state index is 14.3. The van der Waals surface area contributed by atoms with Gasteiger partial charge in [0.2, 0.25) is 0 Å². The van der Waals surface area contributed by atoms with Gasteiger partial charge in [0.1, 0.15) is 11.6 Å². The first kappa shape index (κ1) is 14.7. The Kier molecular flexibility index (Phi) is 4.18. The lowest BCUT2D eigenvalue weighted by atomic mass is 9.99. The Bertz CT molecular complexity index is 620. The van der Waals surface area contributed by atoms with E-state index >= 15 is 0 Å². The Morgan fingerprint density at radius 3 is 2.60 bits per heavy atom. The lowest BCUT2D eigenvalue weighted by molar-refractivity contribution is 0.493. The van der Waals surface area contributed by atoms with E-state index in [0.717, 1.165) is 11.4 Å². The maximum absolute atomic E-state index is 14.3. The number of hydrogen-bond acceptors (Lipinski definition) is 2. The highest BCUT2D eigenvalue weighted by molar-refractivity contribution is 5.34. The Morgan fingerprint density at radius 2 is 2.00 bits per heavy atom. The number of nitrogens with one attached hydrogen (secondary N) is 1. The number of nitrogens with zero attached hydrogens (tertiary/aromatic N) is 2. The lowest BCUT2D eigenvalue weighted by Gasteiger charge is -2.20. The summed E-state index contributed by atoms with van der Waals surface area (Å²) in [6.45, 7) is 6.10. The van der Waals surface area contributed by atoms with Crippen molar-refractivity contribution in [2.24, 2.45) is 0 Å². The van der Waals surface area contributed by atoms with Crippen molar-refractivity contribution in [3.8, 4) is 0 Å². The van der Waals surface area contributed by atoms with E-state index in [1.54, 1.807) is 18.7 Å². The SMILES string of the molecule is CCn1nc(C)cc1C(NC)c1c(F)ccc(C)c1F. The fraction of sp³-hybridized carbons (Fsp3) is 0.400. The molecule has 0 fully saturated rings. The molecule has 1 aromatic heterocycles. The summed E-state index contributed by atoms with van der Waals surface area (Å²) >= 11 is 0. The molecule has 0 aliphatic rings. The molecule has 108 valence electrons. The van der Waals surface area contributed by atoms with E-state index in [9.17, 15) is 8.78 Å². The largest absolute Gasteiger partial charge is 0.308 e. The van der Waals surface area contributed by atoms with Crippen molar-refractivity contribution in [2.75, 3.05) is 7.05 Å². The minimum Gasteiger partial charge on any atom is -0.308 e. The lowest BCUT2D eigenvalue weighted by Crippen LogP contribution is -2.24. The van der Waals surface area contributed by atoms with Crippen LogP contribution in [0.15, 0.2) is 18.2 Å². The van der Waals surface area contributed by atoms with Crippen LogP contribution >= 0.6 is 0 Å². The van der Waals surface area contributed by atoms with Gasteiger partial charge in [-0.1, -0.05) is 6.07 Å². The summed E-state index contributed by atoms with van der Waals surface area (Å²) in [7, 11) is 1.69. The molecular formula is C15H19F2N3. The Morgan fingerprint density at radius 1 is 1.30 bits per heavy atom. The van der Waals surface area contributed by atoms with Gasteiger partial charge >= 0.3 is 0 Å². The topological polar surface area (TPSA) is 29.9 Å². The first-order valence-corrected chi connectivity index (χ1v) is 6.65.